The quantitative estimate of drug-likeness (QED) is 0.218. The first-order valence-electron chi connectivity index (χ1n) is 9.96. The number of nitrogens with two attached hydrogens (primary N) is 1. The molecule has 0 unspecified atom stereocenters. The number of carboxylic acid groups (broad SMARTS) is 2. The Bertz CT molecular complexity index is 870. The fraction of sp³-hybridized carbons (Fsp3) is 0.348. The van der Waals surface area contributed by atoms with Crippen LogP contribution >= 0.6 is 0 Å². The van der Waals surface area contributed by atoms with E-state index in [0.717, 1.165) is 5.75 Å². The van der Waals surface area contributed by atoms with E-state index in [9.17, 15) is 14.4 Å². The number of hydrogen-bond acceptors (Lipinski definition) is 7. The van der Waals surface area contributed by atoms with E-state index in [1.165, 1.54) is 0 Å². The number of aliphatic hydroxyl groups is 1. The molecule has 0 amide bonds. The molecule has 0 aliphatic rings. The highest BCUT2D eigenvalue weighted by Gasteiger charge is 2.18. The molecule has 2 rings (SSSR count). The van der Waals surface area contributed by atoms with Crippen molar-refractivity contribution in [1.29, 1.82) is 0 Å². The number of ketones is 1. The minimum atomic E-state index is -1.26. The molecule has 0 saturated heterocycles. The van der Waals surface area contributed by atoms with Gasteiger partial charge in [0, 0.05) is 30.5 Å². The van der Waals surface area contributed by atoms with Crippen molar-refractivity contribution in [3.8, 4) is 5.75 Å². The first kappa shape index (κ1) is 26.6. The largest absolute Gasteiger partial charge is 0.494 e. The lowest BCUT2D eigenvalue weighted by molar-refractivity contribution is -0.134. The van der Waals surface area contributed by atoms with Crippen molar-refractivity contribution in [3.05, 3.63) is 66.1 Å². The van der Waals surface area contributed by atoms with Gasteiger partial charge >= 0.3 is 11.9 Å². The number of ether oxygens (including phenoxy) is 1. The Labute approximate surface area is 186 Å². The van der Waals surface area contributed by atoms with Gasteiger partial charge in [0.05, 0.1) is 13.2 Å². The maximum absolute atomic E-state index is 12.1. The molecule has 9 heteroatoms. The van der Waals surface area contributed by atoms with Crippen LogP contribution in [-0.4, -0.2) is 51.8 Å². The third-order valence-corrected chi connectivity index (χ3v) is 4.17. The summed E-state index contributed by atoms with van der Waals surface area (Å²) in [5.74, 6) is -0.661. The zero-order valence-corrected chi connectivity index (χ0v) is 17.9. The smallest absolute Gasteiger partial charge is 0.328 e. The third-order valence-electron chi connectivity index (χ3n) is 4.17. The van der Waals surface area contributed by atoms with Crippen LogP contribution in [0, 0.1) is 0 Å². The van der Waals surface area contributed by atoms with Crippen molar-refractivity contribution < 1.29 is 38.9 Å². The van der Waals surface area contributed by atoms with Crippen molar-refractivity contribution >= 4 is 17.7 Å². The van der Waals surface area contributed by atoms with Crippen LogP contribution in [0.3, 0.4) is 0 Å². The van der Waals surface area contributed by atoms with E-state index in [1.807, 2.05) is 30.3 Å². The van der Waals surface area contributed by atoms with Crippen molar-refractivity contribution in [2.45, 2.75) is 38.1 Å². The van der Waals surface area contributed by atoms with Gasteiger partial charge in [-0.05, 0) is 44.0 Å². The third kappa shape index (κ3) is 11.7. The highest BCUT2D eigenvalue weighted by Crippen LogP contribution is 2.16. The maximum atomic E-state index is 12.1. The minimum absolute atomic E-state index is 0.0319. The average Bonchev–Trinajstić information content (AvgIpc) is 3.24. The number of hydrogen-bond donors (Lipinski definition) is 4. The molecule has 1 heterocycles. The summed E-state index contributed by atoms with van der Waals surface area (Å²) >= 11 is 0. The average molecular weight is 447 g/mol. The molecule has 0 saturated carbocycles. The van der Waals surface area contributed by atoms with Gasteiger partial charge in [0.2, 0.25) is 0 Å². The molecule has 0 aliphatic carbocycles. The Kier molecular flexibility index (Phi) is 11.5. The standard InChI is InChI=1S/C19H25NO4.C4H4O4/c1-19(20,14-21)12-11-16-9-10-18(24-16)17(22)8-5-13-23-15-6-3-2-4-7-15;5-3(6)1-2-4(7)8/h2-4,6-7,9-10,21H,5,8,11-14,20H2,1H3;1-2H,(H,5,6)(H,7,8)/b;2-1+/t19-;/m1./s1. The molecule has 0 bridgehead atoms. The van der Waals surface area contributed by atoms with E-state index in [4.69, 9.17) is 30.2 Å². The molecule has 0 fully saturated rings. The molecule has 32 heavy (non-hydrogen) atoms. The van der Waals surface area contributed by atoms with Gasteiger partial charge in [-0.3, -0.25) is 4.79 Å². The topological polar surface area (TPSA) is 160 Å². The van der Waals surface area contributed by atoms with Gasteiger partial charge in [0.15, 0.2) is 11.5 Å². The molecule has 0 spiro atoms. The fourth-order valence-corrected chi connectivity index (χ4v) is 2.36. The van der Waals surface area contributed by atoms with Gasteiger partial charge in [0.1, 0.15) is 11.5 Å². The summed E-state index contributed by atoms with van der Waals surface area (Å²) in [7, 11) is 0. The predicted molar refractivity (Wildman–Crippen MR) is 117 cm³/mol. The molecule has 174 valence electrons. The second kappa shape index (κ2) is 13.8. The maximum Gasteiger partial charge on any atom is 0.328 e. The number of carbonyl (C=O) groups is 3. The second-order valence-electron chi connectivity index (χ2n) is 7.28. The number of furan rings is 1. The van der Waals surface area contributed by atoms with Crippen LogP contribution in [0.5, 0.6) is 5.75 Å². The van der Waals surface area contributed by atoms with Crippen LogP contribution in [0.15, 0.2) is 59.0 Å². The van der Waals surface area contributed by atoms with Crippen LogP contribution in [0.25, 0.3) is 0 Å². The van der Waals surface area contributed by atoms with Crippen LogP contribution in [-0.2, 0) is 16.0 Å². The number of carboxylic acids is 2. The van der Waals surface area contributed by atoms with Gasteiger partial charge in [-0.2, -0.15) is 0 Å². The van der Waals surface area contributed by atoms with Gasteiger partial charge in [-0.15, -0.1) is 0 Å². The lowest BCUT2D eigenvalue weighted by Crippen LogP contribution is -2.40. The van der Waals surface area contributed by atoms with E-state index >= 15 is 0 Å². The molecule has 1 aromatic heterocycles. The Balaban J connectivity index is 0.000000547. The lowest BCUT2D eigenvalue weighted by atomic mass is 9.98. The Morgan fingerprint density at radius 2 is 1.69 bits per heavy atom. The summed E-state index contributed by atoms with van der Waals surface area (Å²) in [6.07, 6.45) is 3.32. The number of aryl methyl sites for hydroxylation is 1. The molecular formula is C23H29NO8. The van der Waals surface area contributed by atoms with Crippen molar-refractivity contribution in [2.24, 2.45) is 5.73 Å². The van der Waals surface area contributed by atoms with E-state index in [1.54, 1.807) is 19.1 Å². The lowest BCUT2D eigenvalue weighted by Gasteiger charge is -2.20. The molecule has 5 N–H and O–H groups in total. The summed E-state index contributed by atoms with van der Waals surface area (Å²) in [4.78, 5) is 31.2. The highest BCUT2D eigenvalue weighted by atomic mass is 16.5. The Morgan fingerprint density at radius 3 is 2.25 bits per heavy atom. The number of Topliss-reactive ketones (excluding diaryl/α,β-unsaturated/α-hetero) is 1. The van der Waals surface area contributed by atoms with Crippen LogP contribution in [0.1, 0.15) is 42.5 Å². The van der Waals surface area contributed by atoms with E-state index in [0.29, 0.717) is 56.0 Å². The SMILES string of the molecule is C[C@](N)(CO)CCc1ccc(C(=O)CCCOc2ccccc2)o1.O=C(O)/C=C/C(=O)O. The van der Waals surface area contributed by atoms with Crippen LogP contribution in [0.2, 0.25) is 0 Å². The number of carbonyl (C=O) groups excluding carboxylic acids is 1. The zero-order valence-electron chi connectivity index (χ0n) is 17.9. The first-order chi connectivity index (χ1) is 15.1. The fourth-order valence-electron chi connectivity index (χ4n) is 2.36. The zero-order chi connectivity index (χ0) is 24.0. The monoisotopic (exact) mass is 447 g/mol. The molecule has 1 aromatic carbocycles. The number of rotatable bonds is 12. The normalized spacial score (nSPS) is 12.5. The van der Waals surface area contributed by atoms with Crippen molar-refractivity contribution in [3.63, 3.8) is 0 Å². The molecule has 0 radical (unpaired) electrons. The number of aliphatic hydroxyl groups excluding tert-OH is 1. The Morgan fingerprint density at radius 1 is 1.06 bits per heavy atom. The van der Waals surface area contributed by atoms with Gasteiger partial charge < -0.3 is 30.2 Å². The summed E-state index contributed by atoms with van der Waals surface area (Å²) in [5.41, 5.74) is 5.25. The van der Waals surface area contributed by atoms with E-state index in [-0.39, 0.29) is 12.4 Å². The molecular weight excluding hydrogens is 418 g/mol. The van der Waals surface area contributed by atoms with Crippen molar-refractivity contribution in [2.75, 3.05) is 13.2 Å². The highest BCUT2D eigenvalue weighted by molar-refractivity contribution is 5.93. The van der Waals surface area contributed by atoms with Gasteiger partial charge in [-0.25, -0.2) is 9.59 Å². The molecule has 9 nitrogen and oxygen atoms in total. The summed E-state index contributed by atoms with van der Waals surface area (Å²) in [5, 5.41) is 24.8. The molecule has 0 aliphatic heterocycles. The summed E-state index contributed by atoms with van der Waals surface area (Å²) in [6.45, 7) is 2.20. The van der Waals surface area contributed by atoms with Gasteiger partial charge in [-0.1, -0.05) is 18.2 Å². The minimum Gasteiger partial charge on any atom is -0.494 e. The van der Waals surface area contributed by atoms with Crippen molar-refractivity contribution in [1.82, 2.24) is 0 Å². The number of para-hydroxylation sites is 1. The summed E-state index contributed by atoms with van der Waals surface area (Å²) in [6, 6.07) is 13.0. The second-order valence-corrected chi connectivity index (χ2v) is 7.28. The predicted octanol–water partition coefficient (Wildman–Crippen LogP) is 2.68. The van der Waals surface area contributed by atoms with E-state index in [2.05, 4.69) is 0 Å². The first-order valence-corrected chi connectivity index (χ1v) is 9.96. The molecule has 1 atom stereocenters. The molecule has 2 aromatic rings. The Hall–Kier alpha value is -3.43. The van der Waals surface area contributed by atoms with Gasteiger partial charge in [0.25, 0.3) is 0 Å². The van der Waals surface area contributed by atoms with E-state index < -0.39 is 17.5 Å². The number of aliphatic carboxylic acids is 2. The van der Waals surface area contributed by atoms with Crippen LogP contribution in [0.4, 0.5) is 0 Å². The number of benzene rings is 1. The summed E-state index contributed by atoms with van der Waals surface area (Å²) < 4.78 is 11.1. The van der Waals surface area contributed by atoms with Crippen LogP contribution < -0.4 is 10.5 Å².